The Labute approximate surface area is 119 Å². The summed E-state index contributed by atoms with van der Waals surface area (Å²) in [6.45, 7) is 2.98. The first-order valence-electron chi connectivity index (χ1n) is 5.54. The summed E-state index contributed by atoms with van der Waals surface area (Å²) < 4.78 is 0.765. The third-order valence-electron chi connectivity index (χ3n) is 2.18. The van der Waals surface area contributed by atoms with Crippen LogP contribution in [0, 0.1) is 5.92 Å². The topological polar surface area (TPSA) is 91.7 Å². The molecule has 0 amide bonds. The predicted molar refractivity (Wildman–Crippen MR) is 73.2 cm³/mol. The molecule has 0 saturated carbocycles. The van der Waals surface area contributed by atoms with Crippen molar-refractivity contribution in [2.24, 2.45) is 5.92 Å². The van der Waals surface area contributed by atoms with Gasteiger partial charge in [0.2, 0.25) is 0 Å². The Morgan fingerprint density at radius 2 is 1.79 bits per heavy atom. The van der Waals surface area contributed by atoms with Crippen LogP contribution in [0.4, 0.5) is 0 Å². The molecule has 0 bridgehead atoms. The summed E-state index contributed by atoms with van der Waals surface area (Å²) in [6.07, 6.45) is 0.222. The van der Waals surface area contributed by atoms with Crippen LogP contribution >= 0.6 is 15.9 Å². The zero-order valence-corrected chi connectivity index (χ0v) is 12.2. The first kappa shape index (κ1) is 17.3. The van der Waals surface area contributed by atoms with E-state index in [4.69, 9.17) is 10.2 Å². The van der Waals surface area contributed by atoms with E-state index in [1.54, 1.807) is 31.2 Å². The van der Waals surface area contributed by atoms with Crippen molar-refractivity contribution in [1.82, 2.24) is 0 Å². The van der Waals surface area contributed by atoms with E-state index in [0.717, 1.165) is 4.47 Å². The molecule has 19 heavy (non-hydrogen) atoms. The van der Waals surface area contributed by atoms with Crippen LogP contribution < -0.4 is 0 Å². The fraction of sp³-hybridized carbons (Fsp3) is 0.308. The van der Waals surface area contributed by atoms with E-state index in [1.165, 1.54) is 6.92 Å². The van der Waals surface area contributed by atoms with Crippen LogP contribution in [0.15, 0.2) is 28.7 Å². The van der Waals surface area contributed by atoms with Gasteiger partial charge in [-0.25, -0.2) is 0 Å². The zero-order valence-electron chi connectivity index (χ0n) is 10.6. The maximum absolute atomic E-state index is 11.5. The first-order valence-corrected chi connectivity index (χ1v) is 6.33. The van der Waals surface area contributed by atoms with Gasteiger partial charge in [0.05, 0.1) is 0 Å². The molecule has 0 radical (unpaired) electrons. The highest BCUT2D eigenvalue weighted by atomic mass is 79.9. The largest absolute Gasteiger partial charge is 0.481 e. The number of hydrogen-bond acceptors (Lipinski definition) is 3. The fourth-order valence-corrected chi connectivity index (χ4v) is 1.40. The molecular formula is C13H15BrO5. The Balaban J connectivity index is 0.000000555. The average molecular weight is 331 g/mol. The van der Waals surface area contributed by atoms with Crippen LogP contribution in [-0.4, -0.2) is 27.9 Å². The normalized spacial score (nSPS) is 10.9. The lowest BCUT2D eigenvalue weighted by atomic mass is 10.00. The van der Waals surface area contributed by atoms with Crippen molar-refractivity contribution in [3.05, 3.63) is 34.3 Å². The molecule has 0 saturated heterocycles. The molecule has 0 aliphatic rings. The summed E-state index contributed by atoms with van der Waals surface area (Å²) in [5, 5.41) is 16.4. The van der Waals surface area contributed by atoms with Crippen molar-refractivity contribution in [2.75, 3.05) is 0 Å². The Hall–Kier alpha value is -1.69. The van der Waals surface area contributed by atoms with Crippen LogP contribution in [-0.2, 0) is 9.59 Å². The SMILES string of the molecule is CC(C(=O)O)C(=O)c1cccc(Br)c1.CCC(=O)O. The van der Waals surface area contributed by atoms with Gasteiger partial charge >= 0.3 is 11.9 Å². The molecule has 1 rings (SSSR count). The van der Waals surface area contributed by atoms with Gasteiger partial charge in [-0.1, -0.05) is 35.0 Å². The minimum atomic E-state index is -1.10. The number of carboxylic acids is 2. The first-order chi connectivity index (χ1) is 8.79. The third-order valence-corrected chi connectivity index (χ3v) is 2.67. The molecule has 2 N–H and O–H groups in total. The summed E-state index contributed by atoms with van der Waals surface area (Å²) in [5.41, 5.74) is 0.411. The summed E-state index contributed by atoms with van der Waals surface area (Å²) in [4.78, 5) is 31.5. The van der Waals surface area contributed by atoms with Gasteiger partial charge in [0.15, 0.2) is 5.78 Å². The zero-order chi connectivity index (χ0) is 15.0. The van der Waals surface area contributed by atoms with Gasteiger partial charge < -0.3 is 10.2 Å². The number of carbonyl (C=O) groups is 3. The molecular weight excluding hydrogens is 316 g/mol. The summed E-state index contributed by atoms with van der Waals surface area (Å²) >= 11 is 3.22. The summed E-state index contributed by atoms with van der Waals surface area (Å²) in [5.74, 6) is -3.22. The molecule has 6 heteroatoms. The fourth-order valence-electron chi connectivity index (χ4n) is 1.00. The number of hydrogen-bond donors (Lipinski definition) is 2. The monoisotopic (exact) mass is 330 g/mol. The Kier molecular flexibility index (Phi) is 7.67. The van der Waals surface area contributed by atoms with Gasteiger partial charge in [-0.05, 0) is 19.1 Å². The number of halogens is 1. The van der Waals surface area contributed by atoms with E-state index in [2.05, 4.69) is 15.9 Å². The summed E-state index contributed by atoms with van der Waals surface area (Å²) in [7, 11) is 0. The number of benzene rings is 1. The van der Waals surface area contributed by atoms with E-state index in [0.29, 0.717) is 5.56 Å². The molecule has 0 fully saturated rings. The van der Waals surface area contributed by atoms with Crippen molar-refractivity contribution in [3.63, 3.8) is 0 Å². The van der Waals surface area contributed by atoms with Gasteiger partial charge in [0.25, 0.3) is 0 Å². The van der Waals surface area contributed by atoms with Crippen LogP contribution in [0.2, 0.25) is 0 Å². The predicted octanol–water partition coefficient (Wildman–Crippen LogP) is 2.83. The molecule has 104 valence electrons. The molecule has 0 heterocycles. The number of Topliss-reactive ketones (excluding diaryl/α,β-unsaturated/α-hetero) is 1. The van der Waals surface area contributed by atoms with Crippen LogP contribution in [0.1, 0.15) is 30.6 Å². The lowest BCUT2D eigenvalue weighted by Crippen LogP contribution is -2.20. The second kappa shape index (κ2) is 8.42. The molecule has 1 unspecified atom stereocenters. The standard InChI is InChI=1S/C10H9BrO3.C3H6O2/c1-6(10(13)14)9(12)7-3-2-4-8(11)5-7;1-2-3(4)5/h2-6H,1H3,(H,13,14);2H2,1H3,(H,4,5). The highest BCUT2D eigenvalue weighted by Gasteiger charge is 2.21. The van der Waals surface area contributed by atoms with Crippen molar-refractivity contribution in [3.8, 4) is 0 Å². The van der Waals surface area contributed by atoms with Gasteiger partial charge in [-0.3, -0.25) is 14.4 Å². The van der Waals surface area contributed by atoms with Crippen LogP contribution in [0.3, 0.4) is 0 Å². The minimum absolute atomic E-state index is 0.222. The number of carboxylic acid groups (broad SMARTS) is 2. The van der Waals surface area contributed by atoms with E-state index in [1.807, 2.05) is 0 Å². The quantitative estimate of drug-likeness (QED) is 0.654. The Morgan fingerprint density at radius 3 is 2.16 bits per heavy atom. The van der Waals surface area contributed by atoms with E-state index < -0.39 is 17.9 Å². The highest BCUT2D eigenvalue weighted by molar-refractivity contribution is 9.10. The minimum Gasteiger partial charge on any atom is -0.481 e. The number of ketones is 1. The number of aliphatic carboxylic acids is 2. The van der Waals surface area contributed by atoms with Crippen molar-refractivity contribution < 1.29 is 24.6 Å². The average Bonchev–Trinajstić information content (AvgIpc) is 2.37. The maximum atomic E-state index is 11.5. The Bertz CT molecular complexity index is 470. The van der Waals surface area contributed by atoms with Crippen LogP contribution in [0.5, 0.6) is 0 Å². The molecule has 0 aliphatic heterocycles. The van der Waals surface area contributed by atoms with Crippen molar-refractivity contribution >= 4 is 33.7 Å². The van der Waals surface area contributed by atoms with E-state index in [-0.39, 0.29) is 12.2 Å². The lowest BCUT2D eigenvalue weighted by Gasteiger charge is -2.05. The number of rotatable bonds is 4. The van der Waals surface area contributed by atoms with Gasteiger partial charge in [0, 0.05) is 16.5 Å². The Morgan fingerprint density at radius 1 is 1.26 bits per heavy atom. The van der Waals surface area contributed by atoms with Crippen molar-refractivity contribution in [2.45, 2.75) is 20.3 Å². The van der Waals surface area contributed by atoms with E-state index in [9.17, 15) is 14.4 Å². The third kappa shape index (κ3) is 6.71. The maximum Gasteiger partial charge on any atom is 0.314 e. The molecule has 0 aromatic heterocycles. The smallest absolute Gasteiger partial charge is 0.314 e. The van der Waals surface area contributed by atoms with Gasteiger partial charge in [0.1, 0.15) is 5.92 Å². The second-order valence-corrected chi connectivity index (χ2v) is 4.60. The molecule has 5 nitrogen and oxygen atoms in total. The molecule has 1 aromatic rings. The molecule has 1 aromatic carbocycles. The van der Waals surface area contributed by atoms with E-state index >= 15 is 0 Å². The second-order valence-electron chi connectivity index (χ2n) is 3.68. The lowest BCUT2D eigenvalue weighted by molar-refractivity contribution is -0.139. The number of carbonyl (C=O) groups excluding carboxylic acids is 1. The molecule has 1 atom stereocenters. The van der Waals surface area contributed by atoms with Gasteiger partial charge in [-0.15, -0.1) is 0 Å². The molecule has 0 aliphatic carbocycles. The molecule has 0 spiro atoms. The highest BCUT2D eigenvalue weighted by Crippen LogP contribution is 2.15. The van der Waals surface area contributed by atoms with Crippen molar-refractivity contribution in [1.29, 1.82) is 0 Å². The van der Waals surface area contributed by atoms with Gasteiger partial charge in [-0.2, -0.15) is 0 Å². The van der Waals surface area contributed by atoms with Crippen LogP contribution in [0.25, 0.3) is 0 Å². The summed E-state index contributed by atoms with van der Waals surface area (Å²) in [6, 6.07) is 6.70.